The molecule has 98 valence electrons. The van der Waals surface area contributed by atoms with Gasteiger partial charge in [0, 0.05) is 5.56 Å². The van der Waals surface area contributed by atoms with E-state index in [1.54, 1.807) is 0 Å². The topological polar surface area (TPSA) is 37.3 Å². The lowest BCUT2D eigenvalue weighted by Gasteiger charge is -2.09. The summed E-state index contributed by atoms with van der Waals surface area (Å²) in [6, 6.07) is 5.18. The second-order valence-electron chi connectivity index (χ2n) is 4.05. The average Bonchev–Trinajstić information content (AvgIpc) is 2.36. The Hall–Kier alpha value is -2.30. The highest BCUT2D eigenvalue weighted by Crippen LogP contribution is 2.30. The van der Waals surface area contributed by atoms with Gasteiger partial charge in [0.2, 0.25) is 0 Å². The number of aromatic carboxylic acids is 1. The van der Waals surface area contributed by atoms with Gasteiger partial charge in [-0.25, -0.2) is 18.0 Å². The van der Waals surface area contributed by atoms with Gasteiger partial charge < -0.3 is 5.11 Å². The minimum Gasteiger partial charge on any atom is -0.478 e. The molecule has 0 heterocycles. The molecule has 2 aromatic carbocycles. The summed E-state index contributed by atoms with van der Waals surface area (Å²) < 4.78 is 41.3. The average molecular weight is 266 g/mol. The summed E-state index contributed by atoms with van der Waals surface area (Å²) in [7, 11) is 0. The minimum atomic E-state index is -1.31. The van der Waals surface area contributed by atoms with Crippen molar-refractivity contribution in [2.45, 2.75) is 6.92 Å². The first kappa shape index (κ1) is 13.1. The number of rotatable bonds is 2. The number of hydrogen-bond acceptors (Lipinski definition) is 1. The second kappa shape index (κ2) is 4.76. The van der Waals surface area contributed by atoms with Gasteiger partial charge in [-0.15, -0.1) is 0 Å². The van der Waals surface area contributed by atoms with Crippen molar-refractivity contribution in [3.8, 4) is 11.1 Å². The lowest BCUT2D eigenvalue weighted by Crippen LogP contribution is -2.00. The van der Waals surface area contributed by atoms with Crippen LogP contribution in [0, 0.1) is 24.4 Å². The SMILES string of the molecule is Cc1ccc(F)c(-c2ccc(C(=O)O)cc2F)c1F. The van der Waals surface area contributed by atoms with Gasteiger partial charge in [-0.1, -0.05) is 12.1 Å². The molecule has 0 fully saturated rings. The Labute approximate surface area is 107 Å². The number of benzene rings is 2. The van der Waals surface area contributed by atoms with Gasteiger partial charge in [0.05, 0.1) is 11.1 Å². The summed E-state index contributed by atoms with van der Waals surface area (Å²) in [5.74, 6) is -4.05. The summed E-state index contributed by atoms with van der Waals surface area (Å²) in [6.07, 6.45) is 0. The van der Waals surface area contributed by atoms with Gasteiger partial charge in [0.15, 0.2) is 0 Å². The third-order valence-corrected chi connectivity index (χ3v) is 2.77. The van der Waals surface area contributed by atoms with Crippen LogP contribution in [0.5, 0.6) is 0 Å². The Morgan fingerprint density at radius 1 is 1.05 bits per heavy atom. The lowest BCUT2D eigenvalue weighted by atomic mass is 10.00. The molecule has 0 amide bonds. The van der Waals surface area contributed by atoms with Gasteiger partial charge in [-0.05, 0) is 30.7 Å². The number of carbonyl (C=O) groups is 1. The molecule has 1 N–H and O–H groups in total. The van der Waals surface area contributed by atoms with Crippen LogP contribution in [0.4, 0.5) is 13.2 Å². The predicted molar refractivity (Wildman–Crippen MR) is 63.4 cm³/mol. The second-order valence-corrected chi connectivity index (χ2v) is 4.05. The van der Waals surface area contributed by atoms with Crippen LogP contribution < -0.4 is 0 Å². The van der Waals surface area contributed by atoms with Gasteiger partial charge in [-0.3, -0.25) is 0 Å². The van der Waals surface area contributed by atoms with E-state index in [1.807, 2.05) is 0 Å². The van der Waals surface area contributed by atoms with Crippen LogP contribution in [-0.4, -0.2) is 11.1 Å². The molecule has 0 aliphatic heterocycles. The molecule has 0 aliphatic rings. The van der Waals surface area contributed by atoms with Crippen LogP contribution in [0.15, 0.2) is 30.3 Å². The van der Waals surface area contributed by atoms with E-state index in [9.17, 15) is 18.0 Å². The number of carboxylic acids is 1. The molecule has 19 heavy (non-hydrogen) atoms. The molecule has 0 saturated carbocycles. The lowest BCUT2D eigenvalue weighted by molar-refractivity contribution is 0.0696. The molecule has 0 aliphatic carbocycles. The molecule has 2 nitrogen and oxygen atoms in total. The maximum atomic E-state index is 13.9. The molecular weight excluding hydrogens is 257 g/mol. The third-order valence-electron chi connectivity index (χ3n) is 2.77. The summed E-state index contributed by atoms with van der Waals surface area (Å²) in [5.41, 5.74) is -0.897. The molecular formula is C14H9F3O2. The number of aryl methyl sites for hydroxylation is 1. The Balaban J connectivity index is 2.66. The molecule has 0 bridgehead atoms. The van der Waals surface area contributed by atoms with E-state index < -0.39 is 29.0 Å². The standard InChI is InChI=1S/C14H9F3O2/c1-7-2-5-10(15)12(13(7)17)9-4-3-8(14(18)19)6-11(9)16/h2-6H,1H3,(H,18,19). The molecule has 5 heteroatoms. The van der Waals surface area contributed by atoms with E-state index in [1.165, 1.54) is 13.0 Å². The van der Waals surface area contributed by atoms with Crippen molar-refractivity contribution in [1.82, 2.24) is 0 Å². The Bertz CT molecular complexity index is 666. The molecule has 2 aromatic rings. The zero-order valence-electron chi connectivity index (χ0n) is 9.88. The van der Waals surface area contributed by atoms with Crippen LogP contribution in [0.1, 0.15) is 15.9 Å². The van der Waals surface area contributed by atoms with Crippen molar-refractivity contribution in [3.63, 3.8) is 0 Å². The normalized spacial score (nSPS) is 10.5. The zero-order valence-corrected chi connectivity index (χ0v) is 9.88. The Kier molecular flexibility index (Phi) is 3.29. The number of hydrogen-bond donors (Lipinski definition) is 1. The molecule has 0 saturated heterocycles. The first-order valence-electron chi connectivity index (χ1n) is 5.39. The predicted octanol–water partition coefficient (Wildman–Crippen LogP) is 3.78. The van der Waals surface area contributed by atoms with E-state index in [-0.39, 0.29) is 16.7 Å². The van der Waals surface area contributed by atoms with Crippen molar-refractivity contribution in [2.75, 3.05) is 0 Å². The quantitative estimate of drug-likeness (QED) is 0.898. The smallest absolute Gasteiger partial charge is 0.335 e. The third kappa shape index (κ3) is 2.31. The monoisotopic (exact) mass is 266 g/mol. The van der Waals surface area contributed by atoms with E-state index in [2.05, 4.69) is 0 Å². The molecule has 0 atom stereocenters. The van der Waals surface area contributed by atoms with Gasteiger partial charge in [0.1, 0.15) is 17.5 Å². The summed E-state index contributed by atoms with van der Waals surface area (Å²) >= 11 is 0. The van der Waals surface area contributed by atoms with Crippen molar-refractivity contribution in [2.24, 2.45) is 0 Å². The minimum absolute atomic E-state index is 0.179. The maximum Gasteiger partial charge on any atom is 0.335 e. The highest BCUT2D eigenvalue weighted by atomic mass is 19.1. The highest BCUT2D eigenvalue weighted by molar-refractivity contribution is 5.88. The number of halogens is 3. The fourth-order valence-corrected chi connectivity index (χ4v) is 1.75. The van der Waals surface area contributed by atoms with Crippen LogP contribution in [0.2, 0.25) is 0 Å². The summed E-state index contributed by atoms with van der Waals surface area (Å²) in [5, 5.41) is 8.71. The van der Waals surface area contributed by atoms with Gasteiger partial charge >= 0.3 is 5.97 Å². The van der Waals surface area contributed by atoms with Crippen molar-refractivity contribution >= 4 is 5.97 Å². The fraction of sp³-hybridized carbons (Fsp3) is 0.0714. The first-order chi connectivity index (χ1) is 8.91. The largest absolute Gasteiger partial charge is 0.478 e. The van der Waals surface area contributed by atoms with Crippen LogP contribution in [0.25, 0.3) is 11.1 Å². The zero-order chi connectivity index (χ0) is 14.2. The molecule has 0 radical (unpaired) electrons. The van der Waals surface area contributed by atoms with Crippen LogP contribution >= 0.6 is 0 Å². The molecule has 0 unspecified atom stereocenters. The molecule has 0 spiro atoms. The van der Waals surface area contributed by atoms with E-state index in [0.29, 0.717) is 0 Å². The summed E-state index contributed by atoms with van der Waals surface area (Å²) in [6.45, 7) is 1.43. The molecule has 2 rings (SSSR count). The van der Waals surface area contributed by atoms with Crippen molar-refractivity contribution in [1.29, 1.82) is 0 Å². The van der Waals surface area contributed by atoms with Crippen LogP contribution in [0.3, 0.4) is 0 Å². The molecule has 0 aromatic heterocycles. The summed E-state index contributed by atoms with van der Waals surface area (Å²) in [4.78, 5) is 10.7. The van der Waals surface area contributed by atoms with Crippen molar-refractivity contribution in [3.05, 3.63) is 58.9 Å². The first-order valence-corrected chi connectivity index (χ1v) is 5.39. The van der Waals surface area contributed by atoms with Crippen LogP contribution in [-0.2, 0) is 0 Å². The Morgan fingerprint density at radius 3 is 2.32 bits per heavy atom. The maximum absolute atomic E-state index is 13.9. The van der Waals surface area contributed by atoms with E-state index in [4.69, 9.17) is 5.11 Å². The Morgan fingerprint density at radius 2 is 1.74 bits per heavy atom. The van der Waals surface area contributed by atoms with E-state index in [0.717, 1.165) is 24.3 Å². The number of carboxylic acid groups (broad SMARTS) is 1. The van der Waals surface area contributed by atoms with Gasteiger partial charge in [-0.2, -0.15) is 0 Å². The highest BCUT2D eigenvalue weighted by Gasteiger charge is 2.18. The fourth-order valence-electron chi connectivity index (χ4n) is 1.75. The van der Waals surface area contributed by atoms with Gasteiger partial charge in [0.25, 0.3) is 0 Å². The van der Waals surface area contributed by atoms with Crippen molar-refractivity contribution < 1.29 is 23.1 Å². The van der Waals surface area contributed by atoms with E-state index >= 15 is 0 Å².